The standard InChI is InChI=1S/C21H30N4O2S/c1-13(26)25-9-7-24(8-10-25)12-17-22-19(27)18-15-6-5-14(21(2,3)4)11-16(15)28-20(18)23-17/h14H,5-12H2,1-4H3,(H,22,23,27)/t14-/m0/s1. The summed E-state index contributed by atoms with van der Waals surface area (Å²) in [6.07, 6.45) is 3.18. The third-order valence-electron chi connectivity index (χ3n) is 6.38. The Labute approximate surface area is 169 Å². The number of nitrogens with one attached hydrogen (secondary N) is 1. The summed E-state index contributed by atoms with van der Waals surface area (Å²) in [6, 6.07) is 0. The Bertz CT molecular complexity index is 948. The minimum Gasteiger partial charge on any atom is -0.340 e. The van der Waals surface area contributed by atoms with Crippen LogP contribution in [0, 0.1) is 11.3 Å². The monoisotopic (exact) mass is 402 g/mol. The van der Waals surface area contributed by atoms with Gasteiger partial charge in [-0.3, -0.25) is 14.5 Å². The van der Waals surface area contributed by atoms with Crippen LogP contribution in [0.25, 0.3) is 10.2 Å². The summed E-state index contributed by atoms with van der Waals surface area (Å²) in [7, 11) is 0. The molecule has 1 fully saturated rings. The van der Waals surface area contributed by atoms with Crippen LogP contribution < -0.4 is 5.56 Å². The molecule has 0 aromatic carbocycles. The van der Waals surface area contributed by atoms with E-state index < -0.39 is 0 Å². The maximum atomic E-state index is 12.8. The Morgan fingerprint density at radius 1 is 1.25 bits per heavy atom. The molecule has 2 aromatic rings. The van der Waals surface area contributed by atoms with Crippen molar-refractivity contribution < 1.29 is 4.79 Å². The molecule has 3 heterocycles. The van der Waals surface area contributed by atoms with E-state index in [0.29, 0.717) is 17.9 Å². The van der Waals surface area contributed by atoms with E-state index >= 15 is 0 Å². The van der Waals surface area contributed by atoms with Crippen LogP contribution in [-0.4, -0.2) is 51.9 Å². The molecule has 28 heavy (non-hydrogen) atoms. The highest BCUT2D eigenvalue weighted by atomic mass is 32.1. The molecule has 2 aromatic heterocycles. The topological polar surface area (TPSA) is 69.3 Å². The summed E-state index contributed by atoms with van der Waals surface area (Å²) in [4.78, 5) is 38.5. The number of H-pyrrole nitrogens is 1. The molecule has 1 saturated heterocycles. The Morgan fingerprint density at radius 2 is 1.96 bits per heavy atom. The molecule has 1 N–H and O–H groups in total. The second-order valence-corrected chi connectivity index (χ2v) is 10.4. The van der Waals surface area contributed by atoms with Gasteiger partial charge in [-0.2, -0.15) is 0 Å². The van der Waals surface area contributed by atoms with Gasteiger partial charge in [0.2, 0.25) is 5.91 Å². The smallest absolute Gasteiger partial charge is 0.259 e. The first-order chi connectivity index (χ1) is 13.2. The van der Waals surface area contributed by atoms with E-state index in [1.165, 1.54) is 10.4 Å². The molecule has 0 bridgehead atoms. The molecule has 6 nitrogen and oxygen atoms in total. The highest BCUT2D eigenvalue weighted by Gasteiger charge is 2.31. The molecule has 1 amide bonds. The van der Waals surface area contributed by atoms with Crippen LogP contribution in [0.5, 0.6) is 0 Å². The van der Waals surface area contributed by atoms with Crippen molar-refractivity contribution in [3.8, 4) is 0 Å². The van der Waals surface area contributed by atoms with E-state index in [9.17, 15) is 9.59 Å². The van der Waals surface area contributed by atoms with Gasteiger partial charge in [-0.15, -0.1) is 11.3 Å². The molecule has 1 atom stereocenters. The van der Waals surface area contributed by atoms with Crippen molar-refractivity contribution in [2.45, 2.75) is 53.5 Å². The van der Waals surface area contributed by atoms with Crippen molar-refractivity contribution >= 4 is 27.5 Å². The summed E-state index contributed by atoms with van der Waals surface area (Å²) in [5.74, 6) is 1.52. The van der Waals surface area contributed by atoms with Gasteiger partial charge in [0.25, 0.3) is 5.56 Å². The third kappa shape index (κ3) is 3.74. The first-order valence-electron chi connectivity index (χ1n) is 10.2. The lowest BCUT2D eigenvalue weighted by Gasteiger charge is -2.33. The van der Waals surface area contributed by atoms with Gasteiger partial charge in [-0.05, 0) is 36.2 Å². The minimum atomic E-state index is 0.00841. The SMILES string of the molecule is CC(=O)N1CCN(Cc2nc3sc4c(c3c(=O)[nH]2)CC[C@H](C(C)(C)C)C4)CC1. The molecule has 0 radical (unpaired) electrons. The average molecular weight is 403 g/mol. The predicted molar refractivity (Wildman–Crippen MR) is 113 cm³/mol. The van der Waals surface area contributed by atoms with Crippen molar-refractivity contribution in [2.24, 2.45) is 11.3 Å². The fourth-order valence-electron chi connectivity index (χ4n) is 4.48. The molecular weight excluding hydrogens is 372 g/mol. The largest absolute Gasteiger partial charge is 0.340 e. The number of aromatic amines is 1. The number of aromatic nitrogens is 2. The van der Waals surface area contributed by atoms with Gasteiger partial charge in [0.1, 0.15) is 10.7 Å². The van der Waals surface area contributed by atoms with Gasteiger partial charge in [0.15, 0.2) is 0 Å². The molecule has 2 aliphatic rings. The molecule has 4 rings (SSSR count). The fraction of sp³-hybridized carbons (Fsp3) is 0.667. The lowest BCUT2D eigenvalue weighted by atomic mass is 9.72. The van der Waals surface area contributed by atoms with Crippen molar-refractivity contribution in [1.29, 1.82) is 0 Å². The maximum Gasteiger partial charge on any atom is 0.259 e. The van der Waals surface area contributed by atoms with Crippen LogP contribution in [0.3, 0.4) is 0 Å². The maximum absolute atomic E-state index is 12.8. The van der Waals surface area contributed by atoms with Crippen LogP contribution in [0.15, 0.2) is 4.79 Å². The number of amides is 1. The summed E-state index contributed by atoms with van der Waals surface area (Å²) in [5, 5.41) is 0.817. The zero-order valence-electron chi connectivity index (χ0n) is 17.3. The van der Waals surface area contributed by atoms with Crippen molar-refractivity contribution in [3.63, 3.8) is 0 Å². The highest BCUT2D eigenvalue weighted by Crippen LogP contribution is 2.41. The van der Waals surface area contributed by atoms with E-state index in [-0.39, 0.29) is 11.5 Å². The quantitative estimate of drug-likeness (QED) is 0.839. The molecule has 7 heteroatoms. The van der Waals surface area contributed by atoms with E-state index in [1.54, 1.807) is 18.3 Å². The van der Waals surface area contributed by atoms with Crippen molar-refractivity contribution in [1.82, 2.24) is 19.8 Å². The number of piperazine rings is 1. The number of fused-ring (bicyclic) bond motifs is 3. The predicted octanol–water partition coefficient (Wildman–Crippen LogP) is 2.80. The zero-order valence-corrected chi connectivity index (χ0v) is 18.1. The number of carbonyl (C=O) groups excluding carboxylic acids is 1. The summed E-state index contributed by atoms with van der Waals surface area (Å²) >= 11 is 1.71. The van der Waals surface area contributed by atoms with Gasteiger partial charge in [0.05, 0.1) is 11.9 Å². The van der Waals surface area contributed by atoms with E-state index in [4.69, 9.17) is 4.98 Å². The van der Waals surface area contributed by atoms with Gasteiger partial charge in [-0.1, -0.05) is 20.8 Å². The molecule has 152 valence electrons. The van der Waals surface area contributed by atoms with Crippen LogP contribution in [0.4, 0.5) is 0 Å². The van der Waals surface area contributed by atoms with Gasteiger partial charge in [-0.25, -0.2) is 4.98 Å². The number of aryl methyl sites for hydroxylation is 1. The normalized spacial score (nSPS) is 21.1. The van der Waals surface area contributed by atoms with E-state index in [2.05, 4.69) is 30.7 Å². The number of hydrogen-bond acceptors (Lipinski definition) is 5. The molecule has 1 aliphatic carbocycles. The number of carbonyl (C=O) groups is 1. The molecular formula is C21H30N4O2S. The zero-order chi connectivity index (χ0) is 20.1. The van der Waals surface area contributed by atoms with Gasteiger partial charge < -0.3 is 9.88 Å². The summed E-state index contributed by atoms with van der Waals surface area (Å²) < 4.78 is 0. The molecule has 0 unspecified atom stereocenters. The Kier molecular flexibility index (Phi) is 5.08. The van der Waals surface area contributed by atoms with Gasteiger partial charge >= 0.3 is 0 Å². The number of thiophene rings is 1. The highest BCUT2D eigenvalue weighted by molar-refractivity contribution is 7.18. The Balaban J connectivity index is 1.55. The lowest BCUT2D eigenvalue weighted by Crippen LogP contribution is -2.47. The van der Waals surface area contributed by atoms with Crippen LogP contribution in [-0.2, 0) is 24.2 Å². The molecule has 1 aliphatic heterocycles. The summed E-state index contributed by atoms with van der Waals surface area (Å²) in [5.41, 5.74) is 1.53. The Hall–Kier alpha value is -1.73. The third-order valence-corrected chi connectivity index (χ3v) is 7.53. The van der Waals surface area contributed by atoms with Gasteiger partial charge in [0, 0.05) is 38.0 Å². The van der Waals surface area contributed by atoms with Crippen LogP contribution in [0.2, 0.25) is 0 Å². The molecule has 0 spiro atoms. The number of rotatable bonds is 2. The van der Waals surface area contributed by atoms with Crippen LogP contribution in [0.1, 0.15) is 50.4 Å². The fourth-order valence-corrected chi connectivity index (χ4v) is 5.79. The number of nitrogens with zero attached hydrogens (tertiary/aromatic N) is 3. The second kappa shape index (κ2) is 7.26. The van der Waals surface area contributed by atoms with Crippen molar-refractivity contribution in [2.75, 3.05) is 26.2 Å². The first-order valence-corrected chi connectivity index (χ1v) is 11.1. The lowest BCUT2D eigenvalue weighted by molar-refractivity contribution is -0.130. The van der Waals surface area contributed by atoms with E-state index in [0.717, 1.165) is 61.5 Å². The summed E-state index contributed by atoms with van der Waals surface area (Å²) in [6.45, 7) is 12.3. The average Bonchev–Trinajstić information content (AvgIpc) is 2.99. The van der Waals surface area contributed by atoms with E-state index in [1.807, 2.05) is 4.90 Å². The minimum absolute atomic E-state index is 0.00841. The van der Waals surface area contributed by atoms with Crippen molar-refractivity contribution in [3.05, 3.63) is 26.6 Å². The second-order valence-electron chi connectivity index (χ2n) is 9.28. The first kappa shape index (κ1) is 19.6. The Morgan fingerprint density at radius 3 is 2.61 bits per heavy atom. The van der Waals surface area contributed by atoms with Crippen LogP contribution >= 0.6 is 11.3 Å². The molecule has 0 saturated carbocycles. The number of hydrogen-bond donors (Lipinski definition) is 1.